The molecule has 5 nitrogen and oxygen atoms in total. The molecule has 0 aliphatic carbocycles. The molecule has 1 aromatic heterocycles. The molecule has 4 rings (SSSR count). The highest BCUT2D eigenvalue weighted by atomic mass is 32.1. The smallest absolute Gasteiger partial charge is 0.227 e. The normalized spacial score (nSPS) is 16.3. The third kappa shape index (κ3) is 5.12. The van der Waals surface area contributed by atoms with Gasteiger partial charge in [0.05, 0.1) is 0 Å². The van der Waals surface area contributed by atoms with Crippen molar-refractivity contribution < 1.29 is 4.79 Å². The topological polar surface area (TPSA) is 58.1 Å². The number of hydrogen-bond acceptors (Lipinski definition) is 5. The lowest BCUT2D eigenvalue weighted by Gasteiger charge is -2.33. The molecule has 1 amide bonds. The first-order valence-corrected chi connectivity index (χ1v) is 11.4. The van der Waals surface area contributed by atoms with E-state index in [1.165, 1.54) is 5.56 Å². The number of piperidine rings is 1. The van der Waals surface area contributed by atoms with Crippen molar-refractivity contribution in [2.45, 2.75) is 32.6 Å². The van der Waals surface area contributed by atoms with Crippen LogP contribution in [0.1, 0.15) is 36.3 Å². The van der Waals surface area contributed by atoms with Crippen molar-refractivity contribution in [1.82, 2.24) is 15.1 Å². The molecule has 1 fully saturated rings. The van der Waals surface area contributed by atoms with E-state index in [1.54, 1.807) is 11.3 Å². The molecule has 1 saturated heterocycles. The summed E-state index contributed by atoms with van der Waals surface area (Å²) in [6.45, 7) is 7.21. The van der Waals surface area contributed by atoms with Gasteiger partial charge in [-0.3, -0.25) is 4.79 Å². The highest BCUT2D eigenvalue weighted by molar-refractivity contribution is 7.14. The van der Waals surface area contributed by atoms with Gasteiger partial charge >= 0.3 is 0 Å². The van der Waals surface area contributed by atoms with Crippen molar-refractivity contribution in [3.8, 4) is 10.6 Å². The summed E-state index contributed by atoms with van der Waals surface area (Å²) >= 11 is 1.56. The van der Waals surface area contributed by atoms with Crippen molar-refractivity contribution in [2.75, 3.05) is 25.0 Å². The van der Waals surface area contributed by atoms with Crippen LogP contribution >= 0.6 is 11.3 Å². The second-order valence-electron chi connectivity index (χ2n) is 8.08. The summed E-state index contributed by atoms with van der Waals surface area (Å²) in [6.07, 6.45) is 1.81. The van der Waals surface area contributed by atoms with Crippen LogP contribution in [-0.4, -0.2) is 40.6 Å². The average molecular weight is 421 g/mol. The lowest BCUT2D eigenvalue weighted by Crippen LogP contribution is -2.39. The Morgan fingerprint density at radius 3 is 2.60 bits per heavy atom. The average Bonchev–Trinajstić information content (AvgIpc) is 3.21. The maximum atomic E-state index is 12.8. The quantitative estimate of drug-likeness (QED) is 0.612. The van der Waals surface area contributed by atoms with E-state index < -0.39 is 0 Å². The van der Waals surface area contributed by atoms with Gasteiger partial charge in [0.25, 0.3) is 0 Å². The molecule has 6 heteroatoms. The van der Waals surface area contributed by atoms with Crippen LogP contribution in [0.4, 0.5) is 5.69 Å². The van der Waals surface area contributed by atoms with E-state index in [-0.39, 0.29) is 11.8 Å². The van der Waals surface area contributed by atoms with E-state index in [9.17, 15) is 4.79 Å². The second kappa shape index (κ2) is 9.49. The van der Waals surface area contributed by atoms with E-state index in [2.05, 4.69) is 57.7 Å². The van der Waals surface area contributed by atoms with Crippen LogP contribution in [0.25, 0.3) is 10.6 Å². The minimum Gasteiger partial charge on any atom is -0.326 e. The zero-order valence-electron chi connectivity index (χ0n) is 17.5. The van der Waals surface area contributed by atoms with Gasteiger partial charge in [-0.2, -0.15) is 0 Å². The predicted octanol–water partition coefficient (Wildman–Crippen LogP) is 4.97. The number of carbonyl (C=O) groups is 1. The van der Waals surface area contributed by atoms with Crippen LogP contribution in [0.2, 0.25) is 0 Å². The van der Waals surface area contributed by atoms with Crippen molar-refractivity contribution in [1.29, 1.82) is 0 Å². The highest BCUT2D eigenvalue weighted by Gasteiger charge is 2.26. The van der Waals surface area contributed by atoms with Gasteiger partial charge in [0.2, 0.25) is 5.91 Å². The Balaban J connectivity index is 1.29. The molecule has 156 valence electrons. The zero-order valence-corrected chi connectivity index (χ0v) is 18.4. The van der Waals surface area contributed by atoms with E-state index in [4.69, 9.17) is 0 Å². The monoisotopic (exact) mass is 420 g/mol. The van der Waals surface area contributed by atoms with Gasteiger partial charge in [-0.15, -0.1) is 10.2 Å². The molecule has 1 N–H and O–H groups in total. The summed E-state index contributed by atoms with van der Waals surface area (Å²) in [6, 6.07) is 18.5. The summed E-state index contributed by atoms with van der Waals surface area (Å²) in [4.78, 5) is 15.3. The van der Waals surface area contributed by atoms with Crippen molar-refractivity contribution in [3.05, 3.63) is 65.2 Å². The largest absolute Gasteiger partial charge is 0.326 e. The van der Waals surface area contributed by atoms with Crippen LogP contribution in [0, 0.1) is 12.8 Å². The molecule has 0 radical (unpaired) electrons. The molecule has 3 aromatic rings. The number of likely N-dealkylation sites (tertiary alicyclic amines) is 1. The molecule has 1 aliphatic rings. The predicted molar refractivity (Wildman–Crippen MR) is 123 cm³/mol. The Labute approximate surface area is 182 Å². The van der Waals surface area contributed by atoms with Crippen molar-refractivity contribution in [3.63, 3.8) is 0 Å². The number of aromatic nitrogens is 2. The van der Waals surface area contributed by atoms with E-state index in [0.29, 0.717) is 5.92 Å². The molecule has 0 saturated carbocycles. The number of amides is 1. The minimum atomic E-state index is 0.0701. The van der Waals surface area contributed by atoms with Crippen molar-refractivity contribution >= 4 is 22.9 Å². The molecule has 2 aromatic carbocycles. The molecule has 1 aliphatic heterocycles. The first kappa shape index (κ1) is 20.7. The number of rotatable bonds is 6. The Morgan fingerprint density at radius 1 is 1.13 bits per heavy atom. The van der Waals surface area contributed by atoms with Crippen LogP contribution in [0.15, 0.2) is 54.6 Å². The van der Waals surface area contributed by atoms with Gasteiger partial charge in [0, 0.05) is 23.7 Å². The number of anilines is 1. The lowest BCUT2D eigenvalue weighted by atomic mass is 9.94. The second-order valence-corrected chi connectivity index (χ2v) is 9.26. The first-order chi connectivity index (χ1) is 14.6. The van der Waals surface area contributed by atoms with Gasteiger partial charge in [0.1, 0.15) is 10.0 Å². The van der Waals surface area contributed by atoms with Crippen molar-refractivity contribution in [2.24, 2.45) is 5.92 Å². The van der Waals surface area contributed by atoms with Crippen LogP contribution < -0.4 is 5.32 Å². The van der Waals surface area contributed by atoms with E-state index in [1.807, 2.05) is 31.2 Å². The Kier molecular flexibility index (Phi) is 6.55. The molecular formula is C24H28N4OS. The number of hydrogen-bond donors (Lipinski definition) is 1. The fourth-order valence-electron chi connectivity index (χ4n) is 4.04. The third-order valence-corrected chi connectivity index (χ3v) is 6.65. The minimum absolute atomic E-state index is 0.0701. The van der Waals surface area contributed by atoms with Crippen LogP contribution in [-0.2, 0) is 4.79 Å². The number of nitrogens with one attached hydrogen (secondary N) is 1. The summed E-state index contributed by atoms with van der Waals surface area (Å²) in [5.74, 6) is 0.695. The molecule has 2 heterocycles. The fraction of sp³-hybridized carbons (Fsp3) is 0.375. The van der Waals surface area contributed by atoms with Crippen LogP contribution in [0.5, 0.6) is 0 Å². The molecular weight excluding hydrogens is 392 g/mol. The van der Waals surface area contributed by atoms with Gasteiger partial charge in [0.15, 0.2) is 0 Å². The number of aryl methyl sites for hydroxylation is 1. The van der Waals surface area contributed by atoms with E-state index in [0.717, 1.165) is 53.7 Å². The Bertz CT molecular complexity index is 980. The molecule has 0 spiro atoms. The summed E-state index contributed by atoms with van der Waals surface area (Å²) in [5, 5.41) is 13.2. The number of nitrogens with zero attached hydrogens (tertiary/aromatic N) is 3. The third-order valence-electron chi connectivity index (χ3n) is 5.76. The van der Waals surface area contributed by atoms with Crippen LogP contribution in [0.3, 0.4) is 0 Å². The Hall–Kier alpha value is -2.57. The molecule has 0 unspecified atom stereocenters. The fourth-order valence-corrected chi connectivity index (χ4v) is 4.73. The van der Waals surface area contributed by atoms with Gasteiger partial charge in [-0.1, -0.05) is 60.7 Å². The summed E-state index contributed by atoms with van der Waals surface area (Å²) in [5.41, 5.74) is 3.19. The summed E-state index contributed by atoms with van der Waals surface area (Å²) in [7, 11) is 0. The van der Waals surface area contributed by atoms with Gasteiger partial charge in [-0.25, -0.2) is 0 Å². The molecule has 0 bridgehead atoms. The molecule has 30 heavy (non-hydrogen) atoms. The zero-order chi connectivity index (χ0) is 20.9. The maximum Gasteiger partial charge on any atom is 0.227 e. The SMILES string of the molecule is Cc1nnc(-c2cccc(NC(=O)C3CCN(C[C@@H](C)c4ccccc4)CC3)c2)s1. The number of benzene rings is 2. The lowest BCUT2D eigenvalue weighted by molar-refractivity contribution is -0.121. The summed E-state index contributed by atoms with van der Waals surface area (Å²) < 4.78 is 0. The van der Waals surface area contributed by atoms with E-state index >= 15 is 0 Å². The highest BCUT2D eigenvalue weighted by Crippen LogP contribution is 2.27. The Morgan fingerprint density at radius 2 is 1.90 bits per heavy atom. The first-order valence-electron chi connectivity index (χ1n) is 10.6. The number of carbonyl (C=O) groups excluding carboxylic acids is 1. The molecule has 1 atom stereocenters. The van der Waals surface area contributed by atoms with Gasteiger partial charge < -0.3 is 10.2 Å². The van der Waals surface area contributed by atoms with Gasteiger partial charge in [-0.05, 0) is 56.5 Å². The standard InChI is InChI=1S/C24H28N4OS/c1-17(19-7-4-3-5-8-19)16-28-13-11-20(12-14-28)23(29)25-22-10-6-9-21(15-22)24-27-26-18(2)30-24/h3-10,15,17,20H,11-14,16H2,1-2H3,(H,25,29)/t17-/m1/s1. The maximum absolute atomic E-state index is 12.8.